The Labute approximate surface area is 108 Å². The number of urea groups is 1. The van der Waals surface area contributed by atoms with Crippen molar-refractivity contribution in [2.75, 3.05) is 26.8 Å². The Hall–Kier alpha value is -0.810. The predicted molar refractivity (Wildman–Crippen MR) is 68.3 cm³/mol. The summed E-state index contributed by atoms with van der Waals surface area (Å²) in [4.78, 5) is 13.8. The lowest BCUT2D eigenvalue weighted by Crippen LogP contribution is -2.53. The SMILES string of the molecule is COCC(NC(=O)N1CCC(C)C(O)C1)C1CC1. The molecule has 2 fully saturated rings. The van der Waals surface area contributed by atoms with Crippen LogP contribution in [0.5, 0.6) is 0 Å². The number of nitrogens with zero attached hydrogens (tertiary/aromatic N) is 1. The highest BCUT2D eigenvalue weighted by Gasteiger charge is 2.34. The molecule has 0 aromatic carbocycles. The van der Waals surface area contributed by atoms with Crippen molar-refractivity contribution >= 4 is 6.03 Å². The average Bonchev–Trinajstić information content (AvgIpc) is 3.16. The van der Waals surface area contributed by atoms with Gasteiger partial charge in [-0.2, -0.15) is 0 Å². The molecule has 5 nitrogen and oxygen atoms in total. The van der Waals surface area contributed by atoms with Crippen molar-refractivity contribution < 1.29 is 14.6 Å². The number of β-amino-alcohol motifs (C(OH)–C–C–N with tert-alkyl or cyclic N) is 1. The number of nitrogens with one attached hydrogen (secondary N) is 1. The molecule has 1 saturated heterocycles. The molecule has 2 amide bonds. The van der Waals surface area contributed by atoms with Gasteiger partial charge in [-0.05, 0) is 31.1 Å². The first-order valence-corrected chi connectivity index (χ1v) is 6.84. The summed E-state index contributed by atoms with van der Waals surface area (Å²) in [6, 6.07) is 0.0638. The van der Waals surface area contributed by atoms with Gasteiger partial charge in [0.25, 0.3) is 0 Å². The largest absolute Gasteiger partial charge is 0.391 e. The van der Waals surface area contributed by atoms with Crippen molar-refractivity contribution in [3.63, 3.8) is 0 Å². The smallest absolute Gasteiger partial charge is 0.317 e. The van der Waals surface area contributed by atoms with Crippen LogP contribution in [0.1, 0.15) is 26.2 Å². The molecule has 0 radical (unpaired) electrons. The molecule has 0 spiro atoms. The third kappa shape index (κ3) is 3.36. The third-order valence-corrected chi connectivity index (χ3v) is 4.05. The molecule has 1 aliphatic heterocycles. The van der Waals surface area contributed by atoms with Crippen molar-refractivity contribution in [2.24, 2.45) is 11.8 Å². The molecular formula is C13H24N2O3. The number of piperidine rings is 1. The van der Waals surface area contributed by atoms with E-state index in [4.69, 9.17) is 4.74 Å². The van der Waals surface area contributed by atoms with E-state index < -0.39 is 6.10 Å². The molecule has 2 N–H and O–H groups in total. The Morgan fingerprint density at radius 2 is 2.22 bits per heavy atom. The summed E-state index contributed by atoms with van der Waals surface area (Å²) in [5.74, 6) is 0.856. The van der Waals surface area contributed by atoms with E-state index in [1.807, 2.05) is 6.92 Å². The highest BCUT2D eigenvalue weighted by atomic mass is 16.5. The molecule has 1 aliphatic carbocycles. The van der Waals surface area contributed by atoms with Crippen molar-refractivity contribution in [1.29, 1.82) is 0 Å². The highest BCUT2D eigenvalue weighted by Crippen LogP contribution is 2.32. The fraction of sp³-hybridized carbons (Fsp3) is 0.923. The fourth-order valence-electron chi connectivity index (χ4n) is 2.46. The molecule has 0 aromatic heterocycles. The summed E-state index contributed by atoms with van der Waals surface area (Å²) in [7, 11) is 1.66. The monoisotopic (exact) mass is 256 g/mol. The van der Waals surface area contributed by atoms with Gasteiger partial charge in [0.1, 0.15) is 0 Å². The summed E-state index contributed by atoms with van der Waals surface area (Å²) < 4.78 is 5.15. The maximum Gasteiger partial charge on any atom is 0.317 e. The first-order valence-electron chi connectivity index (χ1n) is 6.84. The Balaban J connectivity index is 1.83. The average molecular weight is 256 g/mol. The van der Waals surface area contributed by atoms with E-state index in [0.29, 0.717) is 19.1 Å². The van der Waals surface area contributed by atoms with Gasteiger partial charge in [0.15, 0.2) is 0 Å². The van der Waals surface area contributed by atoms with E-state index in [9.17, 15) is 9.90 Å². The second-order valence-electron chi connectivity index (χ2n) is 5.63. The number of hydrogen-bond acceptors (Lipinski definition) is 3. The maximum atomic E-state index is 12.1. The van der Waals surface area contributed by atoms with E-state index in [2.05, 4.69) is 5.32 Å². The number of aliphatic hydroxyl groups is 1. The first-order chi connectivity index (χ1) is 8.61. The minimum Gasteiger partial charge on any atom is -0.391 e. The number of methoxy groups -OCH3 is 1. The molecule has 5 heteroatoms. The second kappa shape index (κ2) is 5.89. The quantitative estimate of drug-likeness (QED) is 0.783. The molecule has 2 aliphatic rings. The van der Waals surface area contributed by atoms with Crippen LogP contribution < -0.4 is 5.32 Å². The second-order valence-corrected chi connectivity index (χ2v) is 5.63. The van der Waals surface area contributed by atoms with E-state index >= 15 is 0 Å². The molecule has 3 unspecified atom stereocenters. The molecule has 104 valence electrons. The number of carbonyl (C=O) groups is 1. The number of hydrogen-bond donors (Lipinski definition) is 2. The molecule has 1 saturated carbocycles. The highest BCUT2D eigenvalue weighted by molar-refractivity contribution is 5.74. The summed E-state index contributed by atoms with van der Waals surface area (Å²) in [5, 5.41) is 12.8. The van der Waals surface area contributed by atoms with Crippen LogP contribution in [-0.4, -0.2) is 55.0 Å². The third-order valence-electron chi connectivity index (χ3n) is 4.05. The summed E-state index contributed by atoms with van der Waals surface area (Å²) >= 11 is 0. The van der Waals surface area contributed by atoms with Gasteiger partial charge in [0, 0.05) is 20.2 Å². The van der Waals surface area contributed by atoms with Crippen LogP contribution in [0, 0.1) is 11.8 Å². The van der Waals surface area contributed by atoms with Crippen molar-refractivity contribution in [2.45, 2.75) is 38.3 Å². The predicted octanol–water partition coefficient (Wildman–Crippen LogP) is 0.824. The minimum atomic E-state index is -0.397. The number of aliphatic hydroxyl groups excluding tert-OH is 1. The summed E-state index contributed by atoms with van der Waals surface area (Å²) in [6.07, 6.45) is 2.82. The van der Waals surface area contributed by atoms with Gasteiger partial charge in [-0.1, -0.05) is 6.92 Å². The topological polar surface area (TPSA) is 61.8 Å². The van der Waals surface area contributed by atoms with Gasteiger partial charge in [-0.25, -0.2) is 4.79 Å². The van der Waals surface area contributed by atoms with Gasteiger partial charge in [-0.3, -0.25) is 0 Å². The molecule has 18 heavy (non-hydrogen) atoms. The zero-order valence-corrected chi connectivity index (χ0v) is 11.3. The van der Waals surface area contributed by atoms with E-state index in [0.717, 1.165) is 13.0 Å². The first kappa shape index (κ1) is 13.6. The van der Waals surface area contributed by atoms with E-state index in [1.165, 1.54) is 12.8 Å². The van der Waals surface area contributed by atoms with Gasteiger partial charge in [0.05, 0.1) is 18.8 Å². The van der Waals surface area contributed by atoms with Crippen LogP contribution in [0.15, 0.2) is 0 Å². The fourth-order valence-corrected chi connectivity index (χ4v) is 2.46. The maximum absolute atomic E-state index is 12.1. The van der Waals surface area contributed by atoms with Crippen molar-refractivity contribution in [1.82, 2.24) is 10.2 Å². The van der Waals surface area contributed by atoms with E-state index in [1.54, 1.807) is 12.0 Å². The summed E-state index contributed by atoms with van der Waals surface area (Å²) in [6.45, 7) is 3.77. The zero-order chi connectivity index (χ0) is 13.1. The standard InChI is InChI=1S/C13H24N2O3/c1-9-5-6-15(7-12(9)16)13(17)14-11(8-18-2)10-3-4-10/h9-12,16H,3-8H2,1-2H3,(H,14,17). The molecule has 2 rings (SSSR count). The minimum absolute atomic E-state index is 0.0603. The normalized spacial score (nSPS) is 30.1. The molecule has 0 bridgehead atoms. The van der Waals surface area contributed by atoms with Crippen LogP contribution in [-0.2, 0) is 4.74 Å². The summed E-state index contributed by atoms with van der Waals surface area (Å²) in [5.41, 5.74) is 0. The Kier molecular flexibility index (Phi) is 4.45. The van der Waals surface area contributed by atoms with Crippen molar-refractivity contribution in [3.05, 3.63) is 0 Å². The zero-order valence-electron chi connectivity index (χ0n) is 11.3. The van der Waals surface area contributed by atoms with Crippen molar-refractivity contribution in [3.8, 4) is 0 Å². The van der Waals surface area contributed by atoms with Gasteiger partial charge < -0.3 is 20.1 Å². The number of likely N-dealkylation sites (tertiary alicyclic amines) is 1. The lowest BCUT2D eigenvalue weighted by atomic mass is 9.96. The van der Waals surface area contributed by atoms with Crippen LogP contribution >= 0.6 is 0 Å². The molecule has 0 aromatic rings. The molecule has 3 atom stereocenters. The molecular weight excluding hydrogens is 232 g/mol. The number of carbonyl (C=O) groups excluding carboxylic acids is 1. The lowest BCUT2D eigenvalue weighted by Gasteiger charge is -2.35. The van der Waals surface area contributed by atoms with Crippen LogP contribution in [0.4, 0.5) is 4.79 Å². The Morgan fingerprint density at radius 3 is 2.78 bits per heavy atom. The van der Waals surface area contributed by atoms with Crippen LogP contribution in [0.25, 0.3) is 0 Å². The van der Waals surface area contributed by atoms with E-state index in [-0.39, 0.29) is 18.0 Å². The molecule has 1 heterocycles. The number of amides is 2. The van der Waals surface area contributed by atoms with Gasteiger partial charge in [-0.15, -0.1) is 0 Å². The van der Waals surface area contributed by atoms with Crippen LogP contribution in [0.2, 0.25) is 0 Å². The van der Waals surface area contributed by atoms with Gasteiger partial charge in [0.2, 0.25) is 0 Å². The Bertz CT molecular complexity index is 294. The van der Waals surface area contributed by atoms with Gasteiger partial charge >= 0.3 is 6.03 Å². The number of ether oxygens (including phenoxy) is 1. The van der Waals surface area contributed by atoms with Crippen LogP contribution in [0.3, 0.4) is 0 Å². The lowest BCUT2D eigenvalue weighted by molar-refractivity contribution is 0.0418. The number of rotatable bonds is 4. The Morgan fingerprint density at radius 1 is 1.50 bits per heavy atom.